The lowest BCUT2D eigenvalue weighted by atomic mass is 10.4. The van der Waals surface area contributed by atoms with Crippen molar-refractivity contribution < 1.29 is 9.84 Å². The molecule has 0 amide bonds. The molecule has 0 saturated heterocycles. The second-order valence-electron chi connectivity index (χ2n) is 3.14. The SMILES string of the molecule is COCCCN(C)c1nc(Cl)c(CO)s1. The number of hydrogen-bond acceptors (Lipinski definition) is 5. The second kappa shape index (κ2) is 6.27. The first-order valence-corrected chi connectivity index (χ1v) is 5.84. The Morgan fingerprint density at radius 1 is 1.60 bits per heavy atom. The van der Waals surface area contributed by atoms with Gasteiger partial charge in [0.05, 0.1) is 11.5 Å². The van der Waals surface area contributed by atoms with Crippen LogP contribution in [0.15, 0.2) is 0 Å². The minimum Gasteiger partial charge on any atom is -0.391 e. The molecule has 0 radical (unpaired) electrons. The van der Waals surface area contributed by atoms with Crippen molar-refractivity contribution in [3.05, 3.63) is 10.0 Å². The topological polar surface area (TPSA) is 45.6 Å². The number of rotatable bonds is 6. The van der Waals surface area contributed by atoms with Crippen LogP contribution in [0.25, 0.3) is 0 Å². The van der Waals surface area contributed by atoms with Gasteiger partial charge in [-0.2, -0.15) is 0 Å². The van der Waals surface area contributed by atoms with Crippen molar-refractivity contribution in [1.29, 1.82) is 0 Å². The summed E-state index contributed by atoms with van der Waals surface area (Å²) in [6, 6.07) is 0. The number of methoxy groups -OCH3 is 1. The van der Waals surface area contributed by atoms with Crippen LogP contribution in [-0.4, -0.2) is 37.4 Å². The molecule has 0 unspecified atom stereocenters. The van der Waals surface area contributed by atoms with E-state index in [2.05, 4.69) is 4.98 Å². The molecule has 1 aromatic heterocycles. The van der Waals surface area contributed by atoms with Gasteiger partial charge in [0.2, 0.25) is 0 Å². The maximum atomic E-state index is 8.98. The average molecular weight is 251 g/mol. The van der Waals surface area contributed by atoms with Crippen molar-refractivity contribution in [1.82, 2.24) is 4.98 Å². The number of nitrogens with zero attached hydrogens (tertiary/aromatic N) is 2. The fraction of sp³-hybridized carbons (Fsp3) is 0.667. The summed E-state index contributed by atoms with van der Waals surface area (Å²) in [6.45, 7) is 1.54. The normalized spacial score (nSPS) is 10.7. The zero-order valence-corrected chi connectivity index (χ0v) is 10.4. The van der Waals surface area contributed by atoms with Gasteiger partial charge in [-0.25, -0.2) is 4.98 Å². The first-order valence-electron chi connectivity index (χ1n) is 4.65. The summed E-state index contributed by atoms with van der Waals surface area (Å²) in [5.74, 6) is 0. The molecule has 0 aliphatic heterocycles. The number of ether oxygens (including phenoxy) is 1. The molecule has 4 nitrogen and oxygen atoms in total. The summed E-state index contributed by atoms with van der Waals surface area (Å²) in [7, 11) is 3.64. The molecule has 6 heteroatoms. The maximum absolute atomic E-state index is 8.98. The number of aromatic nitrogens is 1. The summed E-state index contributed by atoms with van der Waals surface area (Å²) in [6.07, 6.45) is 0.943. The second-order valence-corrected chi connectivity index (χ2v) is 4.56. The van der Waals surface area contributed by atoms with Gasteiger partial charge in [0.15, 0.2) is 5.13 Å². The van der Waals surface area contributed by atoms with Gasteiger partial charge >= 0.3 is 0 Å². The lowest BCUT2D eigenvalue weighted by Crippen LogP contribution is -2.19. The molecule has 0 bridgehead atoms. The van der Waals surface area contributed by atoms with Crippen molar-refractivity contribution in [3.8, 4) is 0 Å². The predicted molar refractivity (Wildman–Crippen MR) is 62.8 cm³/mol. The molecule has 1 rings (SSSR count). The number of aliphatic hydroxyl groups excluding tert-OH is 1. The van der Waals surface area contributed by atoms with Gasteiger partial charge in [-0.15, -0.1) is 0 Å². The first kappa shape index (κ1) is 12.7. The third kappa shape index (κ3) is 3.61. The molecule has 86 valence electrons. The van der Waals surface area contributed by atoms with E-state index in [1.165, 1.54) is 11.3 Å². The van der Waals surface area contributed by atoms with Gasteiger partial charge in [-0.05, 0) is 6.42 Å². The molecule has 0 aliphatic rings. The summed E-state index contributed by atoms with van der Waals surface area (Å²) in [5.41, 5.74) is 0. The summed E-state index contributed by atoms with van der Waals surface area (Å²) >= 11 is 7.26. The largest absolute Gasteiger partial charge is 0.391 e. The Labute approximate surface area is 98.5 Å². The Kier molecular flexibility index (Phi) is 5.31. The van der Waals surface area contributed by atoms with Crippen LogP contribution >= 0.6 is 22.9 Å². The Hall–Kier alpha value is -0.360. The number of thiazole rings is 1. The van der Waals surface area contributed by atoms with Gasteiger partial charge in [-0.1, -0.05) is 22.9 Å². The van der Waals surface area contributed by atoms with Crippen molar-refractivity contribution in [2.75, 3.05) is 32.2 Å². The first-order chi connectivity index (χ1) is 7.19. The Morgan fingerprint density at radius 2 is 2.33 bits per heavy atom. The van der Waals surface area contributed by atoms with Crippen molar-refractivity contribution in [3.63, 3.8) is 0 Å². The van der Waals surface area contributed by atoms with Crippen LogP contribution in [0.2, 0.25) is 5.15 Å². The lowest BCUT2D eigenvalue weighted by molar-refractivity contribution is 0.196. The highest BCUT2D eigenvalue weighted by Gasteiger charge is 2.11. The molecule has 15 heavy (non-hydrogen) atoms. The van der Waals surface area contributed by atoms with E-state index in [9.17, 15) is 0 Å². The van der Waals surface area contributed by atoms with Gasteiger partial charge < -0.3 is 14.7 Å². The van der Waals surface area contributed by atoms with Crippen LogP contribution < -0.4 is 4.90 Å². The van der Waals surface area contributed by atoms with E-state index in [4.69, 9.17) is 21.4 Å². The zero-order valence-electron chi connectivity index (χ0n) is 8.86. The van der Waals surface area contributed by atoms with Crippen LogP contribution in [0.4, 0.5) is 5.13 Å². The Morgan fingerprint density at radius 3 is 2.87 bits per heavy atom. The van der Waals surface area contributed by atoms with Gasteiger partial charge in [0.1, 0.15) is 5.15 Å². The molecule has 0 fully saturated rings. The fourth-order valence-corrected chi connectivity index (χ4v) is 2.23. The Bertz CT molecular complexity index is 306. The third-order valence-electron chi connectivity index (χ3n) is 1.95. The molecule has 0 aromatic carbocycles. The molecule has 1 N–H and O–H groups in total. The monoisotopic (exact) mass is 250 g/mol. The quantitative estimate of drug-likeness (QED) is 0.782. The van der Waals surface area contributed by atoms with E-state index in [0.717, 1.165) is 24.7 Å². The van der Waals surface area contributed by atoms with Crippen molar-refractivity contribution in [2.24, 2.45) is 0 Å². The minimum absolute atomic E-state index is 0.0532. The smallest absolute Gasteiger partial charge is 0.186 e. The van der Waals surface area contributed by atoms with E-state index < -0.39 is 0 Å². The molecular weight excluding hydrogens is 236 g/mol. The summed E-state index contributed by atoms with van der Waals surface area (Å²) in [5, 5.41) is 10.2. The molecular formula is C9H15ClN2O2S. The van der Waals surface area contributed by atoms with Crippen LogP contribution in [0.3, 0.4) is 0 Å². The van der Waals surface area contributed by atoms with Crippen LogP contribution in [0, 0.1) is 0 Å². The molecule has 0 spiro atoms. The van der Waals surface area contributed by atoms with E-state index in [0.29, 0.717) is 10.0 Å². The highest BCUT2D eigenvalue weighted by atomic mass is 35.5. The summed E-state index contributed by atoms with van der Waals surface area (Å²) in [4.78, 5) is 6.89. The zero-order chi connectivity index (χ0) is 11.3. The maximum Gasteiger partial charge on any atom is 0.186 e. The van der Waals surface area contributed by atoms with Crippen LogP contribution in [-0.2, 0) is 11.3 Å². The minimum atomic E-state index is -0.0532. The van der Waals surface area contributed by atoms with Crippen LogP contribution in [0.5, 0.6) is 0 Å². The highest BCUT2D eigenvalue weighted by Crippen LogP contribution is 2.28. The van der Waals surface area contributed by atoms with E-state index in [1.807, 2.05) is 11.9 Å². The van der Waals surface area contributed by atoms with Crippen LogP contribution in [0.1, 0.15) is 11.3 Å². The van der Waals surface area contributed by atoms with Gasteiger partial charge in [0, 0.05) is 27.3 Å². The van der Waals surface area contributed by atoms with Gasteiger partial charge in [0.25, 0.3) is 0 Å². The Balaban J connectivity index is 2.53. The molecule has 1 aromatic rings. The molecule has 0 atom stereocenters. The number of halogens is 1. The lowest BCUT2D eigenvalue weighted by Gasteiger charge is -2.14. The van der Waals surface area contributed by atoms with Crippen molar-refractivity contribution in [2.45, 2.75) is 13.0 Å². The number of aliphatic hydroxyl groups is 1. The molecule has 1 heterocycles. The summed E-state index contributed by atoms with van der Waals surface area (Å²) < 4.78 is 4.97. The van der Waals surface area contributed by atoms with E-state index in [1.54, 1.807) is 7.11 Å². The van der Waals surface area contributed by atoms with E-state index >= 15 is 0 Å². The number of anilines is 1. The standard InChI is InChI=1S/C9H15ClN2O2S/c1-12(4-3-5-14-2)9-11-8(10)7(6-13)15-9/h13H,3-6H2,1-2H3. The third-order valence-corrected chi connectivity index (χ3v) is 3.53. The number of hydrogen-bond donors (Lipinski definition) is 1. The van der Waals surface area contributed by atoms with Crippen molar-refractivity contribution >= 4 is 28.1 Å². The predicted octanol–water partition coefficient (Wildman–Crippen LogP) is 1.76. The highest BCUT2D eigenvalue weighted by molar-refractivity contribution is 7.16. The van der Waals surface area contributed by atoms with E-state index in [-0.39, 0.29) is 6.61 Å². The molecule has 0 saturated carbocycles. The average Bonchev–Trinajstić information content (AvgIpc) is 2.60. The fourth-order valence-electron chi connectivity index (χ4n) is 1.12. The van der Waals surface area contributed by atoms with Gasteiger partial charge in [-0.3, -0.25) is 0 Å². The molecule has 0 aliphatic carbocycles.